The second-order valence-corrected chi connectivity index (χ2v) is 9.50. The monoisotopic (exact) mass is 507 g/mol. The van der Waals surface area contributed by atoms with Crippen LogP contribution in [0.2, 0.25) is 0 Å². The SMILES string of the molecule is CN1CCN(c2ccc(Nc3ncc4c5ccccc5n(-c5cccc(NC(=O)CO)c5)c4n3)cc2)CC1. The second kappa shape index (κ2) is 10.1. The van der Waals surface area contributed by atoms with Gasteiger partial charge in [0, 0.05) is 65.9 Å². The number of aromatic nitrogens is 3. The minimum absolute atomic E-state index is 0.461. The molecule has 0 radical (unpaired) electrons. The van der Waals surface area contributed by atoms with Crippen LogP contribution >= 0.6 is 0 Å². The highest BCUT2D eigenvalue weighted by atomic mass is 16.3. The minimum Gasteiger partial charge on any atom is -0.387 e. The van der Waals surface area contributed by atoms with E-state index in [1.807, 2.05) is 42.6 Å². The molecular formula is C29H29N7O2. The predicted octanol–water partition coefficient (Wildman–Crippen LogP) is 4.00. The lowest BCUT2D eigenvalue weighted by molar-refractivity contribution is -0.118. The van der Waals surface area contributed by atoms with Crippen LogP contribution in [0.1, 0.15) is 0 Å². The maximum Gasteiger partial charge on any atom is 0.250 e. The summed E-state index contributed by atoms with van der Waals surface area (Å²) in [5.74, 6) is 0.0375. The Bertz CT molecular complexity index is 1610. The van der Waals surface area contributed by atoms with Crippen LogP contribution in [0.25, 0.3) is 27.6 Å². The van der Waals surface area contributed by atoms with Gasteiger partial charge in [0.05, 0.1) is 5.52 Å². The van der Waals surface area contributed by atoms with Crippen molar-refractivity contribution < 1.29 is 9.90 Å². The molecule has 0 aliphatic carbocycles. The highest BCUT2D eigenvalue weighted by Crippen LogP contribution is 2.32. The van der Waals surface area contributed by atoms with Crippen LogP contribution in [0, 0.1) is 0 Å². The number of para-hydroxylation sites is 1. The molecule has 3 aromatic carbocycles. The summed E-state index contributed by atoms with van der Waals surface area (Å²) in [6.07, 6.45) is 1.85. The summed E-state index contributed by atoms with van der Waals surface area (Å²) in [6, 6.07) is 24.0. The third kappa shape index (κ3) is 4.65. The Morgan fingerprint density at radius 2 is 1.68 bits per heavy atom. The molecule has 38 heavy (non-hydrogen) atoms. The van der Waals surface area contributed by atoms with E-state index in [1.165, 1.54) is 5.69 Å². The molecule has 0 atom stereocenters. The Morgan fingerprint density at radius 1 is 0.895 bits per heavy atom. The van der Waals surface area contributed by atoms with Crippen LogP contribution in [-0.2, 0) is 4.79 Å². The number of carbonyl (C=O) groups excluding carboxylic acids is 1. The Hall–Kier alpha value is -4.47. The lowest BCUT2D eigenvalue weighted by Crippen LogP contribution is -2.44. The fraction of sp³-hybridized carbons (Fsp3) is 0.207. The molecule has 9 nitrogen and oxygen atoms in total. The lowest BCUT2D eigenvalue weighted by Gasteiger charge is -2.34. The van der Waals surface area contributed by atoms with Gasteiger partial charge in [-0.1, -0.05) is 24.3 Å². The molecular weight excluding hydrogens is 478 g/mol. The van der Waals surface area contributed by atoms with Gasteiger partial charge >= 0.3 is 0 Å². The molecule has 1 aliphatic heterocycles. The van der Waals surface area contributed by atoms with Crippen molar-refractivity contribution >= 4 is 50.9 Å². The number of nitrogens with zero attached hydrogens (tertiary/aromatic N) is 5. The number of amides is 1. The minimum atomic E-state index is -0.571. The number of likely N-dealkylation sites (N-methyl/N-ethyl adjacent to an activating group) is 1. The number of rotatable bonds is 6. The zero-order valence-electron chi connectivity index (χ0n) is 21.1. The molecule has 0 saturated carbocycles. The van der Waals surface area contributed by atoms with E-state index in [0.717, 1.165) is 59.5 Å². The molecule has 2 aromatic heterocycles. The molecule has 1 fully saturated rings. The molecule has 3 heterocycles. The number of anilines is 4. The third-order valence-corrected chi connectivity index (χ3v) is 6.94. The van der Waals surface area contributed by atoms with Gasteiger partial charge in [0.25, 0.3) is 0 Å². The van der Waals surface area contributed by atoms with Gasteiger partial charge in [-0.15, -0.1) is 0 Å². The van der Waals surface area contributed by atoms with Crippen molar-refractivity contribution in [3.63, 3.8) is 0 Å². The highest BCUT2D eigenvalue weighted by Gasteiger charge is 2.16. The van der Waals surface area contributed by atoms with Crippen molar-refractivity contribution in [3.8, 4) is 5.69 Å². The number of aliphatic hydroxyl groups excluding tert-OH is 1. The first-order valence-corrected chi connectivity index (χ1v) is 12.7. The van der Waals surface area contributed by atoms with E-state index in [9.17, 15) is 4.79 Å². The van der Waals surface area contributed by atoms with Crippen LogP contribution in [0.15, 0.2) is 79.0 Å². The molecule has 1 aliphatic rings. The highest BCUT2D eigenvalue weighted by molar-refractivity contribution is 6.07. The standard InChI is InChI=1S/C29H29N7O2/c1-34-13-15-35(16-14-34)22-11-9-20(10-12-22)32-29-30-18-25-24-7-2-3-8-26(24)36(28(25)33-29)23-6-4-5-21(17-23)31-27(38)19-37/h2-12,17-18,37H,13-16,19H2,1H3,(H,31,38)(H,30,32,33). The molecule has 6 rings (SSSR count). The number of aliphatic hydroxyl groups is 1. The fourth-order valence-electron chi connectivity index (χ4n) is 4.94. The second-order valence-electron chi connectivity index (χ2n) is 9.50. The topological polar surface area (TPSA) is 98.6 Å². The molecule has 0 spiro atoms. The number of hydrogen-bond donors (Lipinski definition) is 3. The maximum absolute atomic E-state index is 11.7. The Labute approximate surface area is 220 Å². The summed E-state index contributed by atoms with van der Waals surface area (Å²) in [6.45, 7) is 3.62. The van der Waals surface area contributed by atoms with Crippen LogP contribution in [-0.4, -0.2) is 70.3 Å². The summed E-state index contributed by atoms with van der Waals surface area (Å²) >= 11 is 0. The summed E-state index contributed by atoms with van der Waals surface area (Å²) in [5, 5.41) is 17.2. The first-order chi connectivity index (χ1) is 18.6. The number of piperazine rings is 1. The van der Waals surface area contributed by atoms with Crippen LogP contribution in [0.5, 0.6) is 0 Å². The smallest absolute Gasteiger partial charge is 0.250 e. The van der Waals surface area contributed by atoms with Gasteiger partial charge in [-0.3, -0.25) is 9.36 Å². The van der Waals surface area contributed by atoms with Crippen molar-refractivity contribution in [1.29, 1.82) is 0 Å². The van der Waals surface area contributed by atoms with Crippen molar-refractivity contribution in [3.05, 3.63) is 79.0 Å². The first kappa shape index (κ1) is 23.9. The van der Waals surface area contributed by atoms with Gasteiger partial charge in [-0.05, 0) is 55.6 Å². The quantitative estimate of drug-likeness (QED) is 0.320. The van der Waals surface area contributed by atoms with Gasteiger partial charge in [0.2, 0.25) is 11.9 Å². The Balaban J connectivity index is 1.34. The van der Waals surface area contributed by atoms with Crippen molar-refractivity contribution in [1.82, 2.24) is 19.4 Å². The predicted molar refractivity (Wildman–Crippen MR) is 152 cm³/mol. The van der Waals surface area contributed by atoms with Gasteiger partial charge in [0.15, 0.2) is 5.65 Å². The normalized spacial score (nSPS) is 14.2. The number of carbonyl (C=O) groups is 1. The fourth-order valence-corrected chi connectivity index (χ4v) is 4.94. The first-order valence-electron chi connectivity index (χ1n) is 12.7. The van der Waals surface area contributed by atoms with E-state index in [-0.39, 0.29) is 0 Å². The van der Waals surface area contributed by atoms with E-state index in [4.69, 9.17) is 10.1 Å². The average Bonchev–Trinajstić information content (AvgIpc) is 3.27. The number of hydrogen-bond acceptors (Lipinski definition) is 7. The third-order valence-electron chi connectivity index (χ3n) is 6.94. The average molecular weight is 508 g/mol. The van der Waals surface area contributed by atoms with Crippen molar-refractivity contribution in [2.75, 3.05) is 55.4 Å². The van der Waals surface area contributed by atoms with E-state index < -0.39 is 12.5 Å². The van der Waals surface area contributed by atoms with E-state index in [2.05, 4.69) is 67.4 Å². The van der Waals surface area contributed by atoms with Crippen molar-refractivity contribution in [2.24, 2.45) is 0 Å². The Morgan fingerprint density at radius 3 is 2.47 bits per heavy atom. The summed E-state index contributed by atoms with van der Waals surface area (Å²) < 4.78 is 2.06. The number of benzene rings is 3. The molecule has 1 amide bonds. The van der Waals surface area contributed by atoms with Crippen LogP contribution in [0.3, 0.4) is 0 Å². The van der Waals surface area contributed by atoms with E-state index >= 15 is 0 Å². The molecule has 9 heteroatoms. The molecule has 192 valence electrons. The van der Waals surface area contributed by atoms with Crippen LogP contribution < -0.4 is 15.5 Å². The Kier molecular flexibility index (Phi) is 6.36. The summed E-state index contributed by atoms with van der Waals surface area (Å²) in [4.78, 5) is 26.0. The molecule has 0 bridgehead atoms. The maximum atomic E-state index is 11.7. The largest absolute Gasteiger partial charge is 0.387 e. The molecule has 5 aromatic rings. The number of fused-ring (bicyclic) bond motifs is 3. The van der Waals surface area contributed by atoms with Gasteiger partial charge < -0.3 is 25.5 Å². The lowest BCUT2D eigenvalue weighted by atomic mass is 10.2. The van der Waals surface area contributed by atoms with Crippen molar-refractivity contribution in [2.45, 2.75) is 0 Å². The van der Waals surface area contributed by atoms with Gasteiger partial charge in [-0.25, -0.2) is 4.98 Å². The van der Waals surface area contributed by atoms with E-state index in [1.54, 1.807) is 6.07 Å². The van der Waals surface area contributed by atoms with E-state index in [0.29, 0.717) is 11.6 Å². The molecule has 3 N–H and O–H groups in total. The zero-order chi connectivity index (χ0) is 26.1. The van der Waals surface area contributed by atoms with Crippen LogP contribution in [0.4, 0.5) is 23.0 Å². The van der Waals surface area contributed by atoms with Gasteiger partial charge in [0.1, 0.15) is 6.61 Å². The number of nitrogens with one attached hydrogen (secondary N) is 2. The molecule has 0 unspecified atom stereocenters. The summed E-state index contributed by atoms with van der Waals surface area (Å²) in [5.41, 5.74) is 5.31. The molecule has 1 saturated heterocycles. The zero-order valence-corrected chi connectivity index (χ0v) is 21.1. The summed E-state index contributed by atoms with van der Waals surface area (Å²) in [7, 11) is 2.16. The van der Waals surface area contributed by atoms with Gasteiger partial charge in [-0.2, -0.15) is 4.98 Å².